The lowest BCUT2D eigenvalue weighted by atomic mass is 9.79. The van der Waals surface area contributed by atoms with Gasteiger partial charge in [0, 0.05) is 36.9 Å². The Balaban J connectivity index is 1.67. The van der Waals surface area contributed by atoms with Crippen LogP contribution in [0.3, 0.4) is 0 Å². The summed E-state index contributed by atoms with van der Waals surface area (Å²) in [5.74, 6) is 0.203. The lowest BCUT2D eigenvalue weighted by Gasteiger charge is -2.47. The van der Waals surface area contributed by atoms with Gasteiger partial charge in [-0.25, -0.2) is 0 Å². The lowest BCUT2D eigenvalue weighted by Crippen LogP contribution is -2.63. The normalized spacial score (nSPS) is 22.3. The molecule has 5 nitrogen and oxygen atoms in total. The second-order valence-corrected chi connectivity index (χ2v) is 7.54. The van der Waals surface area contributed by atoms with Crippen LogP contribution in [0.4, 0.5) is 0 Å². The minimum absolute atomic E-state index is 0.0849. The van der Waals surface area contributed by atoms with E-state index in [0.717, 1.165) is 69.8 Å². The summed E-state index contributed by atoms with van der Waals surface area (Å²) in [6.45, 7) is 7.28. The van der Waals surface area contributed by atoms with Gasteiger partial charge in [0.05, 0.1) is 13.2 Å². The standard InChI is InChI=1S/C20H31N3O2/c1-16-7-6-8-18(21-16)15-17(2)22-19(24)20(9-4-3-5-10-20)23-11-13-25-14-12-23/h6-8,17H,3-5,9-15H2,1-2H3,(H,22,24)/t17-/m1/s1. The van der Waals surface area contributed by atoms with Crippen molar-refractivity contribution in [2.45, 2.75) is 64.0 Å². The van der Waals surface area contributed by atoms with Crippen LogP contribution in [-0.4, -0.2) is 53.7 Å². The fourth-order valence-electron chi connectivity index (χ4n) is 4.25. The molecule has 5 heteroatoms. The zero-order chi connectivity index (χ0) is 17.7. The molecular formula is C20H31N3O2. The molecule has 2 aliphatic rings. The molecule has 1 N–H and O–H groups in total. The maximum atomic E-state index is 13.3. The highest BCUT2D eigenvalue weighted by molar-refractivity contribution is 5.86. The van der Waals surface area contributed by atoms with Gasteiger partial charge >= 0.3 is 0 Å². The zero-order valence-corrected chi connectivity index (χ0v) is 15.6. The van der Waals surface area contributed by atoms with Crippen LogP contribution in [0.25, 0.3) is 0 Å². The summed E-state index contributed by atoms with van der Waals surface area (Å²) in [4.78, 5) is 20.2. The van der Waals surface area contributed by atoms with Crippen molar-refractivity contribution in [3.63, 3.8) is 0 Å². The number of nitrogens with one attached hydrogen (secondary N) is 1. The molecule has 1 saturated heterocycles. The second-order valence-electron chi connectivity index (χ2n) is 7.54. The average Bonchev–Trinajstić information content (AvgIpc) is 2.63. The molecule has 1 aromatic rings. The lowest BCUT2D eigenvalue weighted by molar-refractivity contribution is -0.140. The largest absolute Gasteiger partial charge is 0.379 e. The molecule has 0 aromatic carbocycles. The van der Waals surface area contributed by atoms with Crippen LogP contribution in [0.5, 0.6) is 0 Å². The monoisotopic (exact) mass is 345 g/mol. The van der Waals surface area contributed by atoms with Gasteiger partial charge in [-0.05, 0) is 38.8 Å². The third-order valence-electron chi connectivity index (χ3n) is 5.56. The summed E-state index contributed by atoms with van der Waals surface area (Å²) in [5, 5.41) is 3.29. The number of ether oxygens (including phenoxy) is 1. The molecule has 1 aliphatic carbocycles. The SMILES string of the molecule is Cc1cccc(C[C@@H](C)NC(=O)C2(N3CCOCC3)CCCCC2)n1. The first-order chi connectivity index (χ1) is 12.1. The number of carbonyl (C=O) groups excluding carboxylic acids is 1. The number of hydrogen-bond donors (Lipinski definition) is 1. The molecule has 0 radical (unpaired) electrons. The number of rotatable bonds is 5. The summed E-state index contributed by atoms with van der Waals surface area (Å²) in [6, 6.07) is 6.15. The molecule has 1 aromatic heterocycles. The number of hydrogen-bond acceptors (Lipinski definition) is 4. The maximum Gasteiger partial charge on any atom is 0.240 e. The molecule has 0 bridgehead atoms. The summed E-state index contributed by atoms with van der Waals surface area (Å²) < 4.78 is 5.50. The van der Waals surface area contributed by atoms with Gasteiger partial charge in [-0.2, -0.15) is 0 Å². The van der Waals surface area contributed by atoms with Crippen molar-refractivity contribution >= 4 is 5.91 Å². The van der Waals surface area contributed by atoms with Crippen molar-refractivity contribution in [2.24, 2.45) is 0 Å². The Hall–Kier alpha value is -1.46. The van der Waals surface area contributed by atoms with Gasteiger partial charge in [0.1, 0.15) is 5.54 Å². The fourth-order valence-corrected chi connectivity index (χ4v) is 4.25. The van der Waals surface area contributed by atoms with Crippen LogP contribution in [0.15, 0.2) is 18.2 Å². The van der Waals surface area contributed by atoms with Gasteiger partial charge in [0.2, 0.25) is 5.91 Å². The van der Waals surface area contributed by atoms with Crippen molar-refractivity contribution in [2.75, 3.05) is 26.3 Å². The molecular weight excluding hydrogens is 314 g/mol. The molecule has 3 rings (SSSR count). The van der Waals surface area contributed by atoms with Crippen LogP contribution < -0.4 is 5.32 Å². The molecule has 1 saturated carbocycles. The van der Waals surface area contributed by atoms with Crippen molar-refractivity contribution in [3.8, 4) is 0 Å². The first kappa shape index (κ1) is 18.3. The molecule has 0 spiro atoms. The maximum absolute atomic E-state index is 13.3. The smallest absolute Gasteiger partial charge is 0.240 e. The van der Waals surface area contributed by atoms with E-state index in [2.05, 4.69) is 22.1 Å². The van der Waals surface area contributed by atoms with Crippen LogP contribution in [0, 0.1) is 6.92 Å². The van der Waals surface area contributed by atoms with Crippen LogP contribution in [0.2, 0.25) is 0 Å². The van der Waals surface area contributed by atoms with Gasteiger partial charge in [-0.1, -0.05) is 25.3 Å². The van der Waals surface area contributed by atoms with Gasteiger partial charge in [-0.3, -0.25) is 14.7 Å². The predicted molar refractivity (Wildman–Crippen MR) is 98.5 cm³/mol. The Bertz CT molecular complexity index is 578. The van der Waals surface area contributed by atoms with Gasteiger partial charge in [-0.15, -0.1) is 0 Å². The van der Waals surface area contributed by atoms with E-state index in [9.17, 15) is 4.79 Å². The van der Waals surface area contributed by atoms with Crippen LogP contribution in [0.1, 0.15) is 50.4 Å². The second kappa shape index (κ2) is 8.28. The Labute approximate surface area is 151 Å². The van der Waals surface area contributed by atoms with Gasteiger partial charge in [0.15, 0.2) is 0 Å². The molecule has 2 fully saturated rings. The summed E-state index contributed by atoms with van der Waals surface area (Å²) in [6.07, 6.45) is 6.22. The van der Waals surface area contributed by atoms with E-state index in [-0.39, 0.29) is 17.5 Å². The Morgan fingerprint density at radius 2 is 2.00 bits per heavy atom. The average molecular weight is 345 g/mol. The highest BCUT2D eigenvalue weighted by Crippen LogP contribution is 2.34. The number of carbonyl (C=O) groups is 1. The number of aromatic nitrogens is 1. The third kappa shape index (κ3) is 4.39. The van der Waals surface area contributed by atoms with E-state index in [1.807, 2.05) is 25.1 Å². The van der Waals surface area contributed by atoms with Crippen molar-refractivity contribution < 1.29 is 9.53 Å². The number of morpholine rings is 1. The third-order valence-corrected chi connectivity index (χ3v) is 5.56. The van der Waals surface area contributed by atoms with Crippen LogP contribution >= 0.6 is 0 Å². The van der Waals surface area contributed by atoms with E-state index in [1.54, 1.807) is 0 Å². The molecule has 1 amide bonds. The van der Waals surface area contributed by atoms with Gasteiger partial charge < -0.3 is 10.1 Å². The van der Waals surface area contributed by atoms with Crippen molar-refractivity contribution in [3.05, 3.63) is 29.6 Å². The van der Waals surface area contributed by atoms with E-state index >= 15 is 0 Å². The quantitative estimate of drug-likeness (QED) is 0.891. The molecule has 0 unspecified atom stereocenters. The zero-order valence-electron chi connectivity index (χ0n) is 15.6. The van der Waals surface area contributed by atoms with Crippen LogP contribution in [-0.2, 0) is 16.0 Å². The summed E-state index contributed by atoms with van der Waals surface area (Å²) >= 11 is 0. The summed E-state index contributed by atoms with van der Waals surface area (Å²) in [5.41, 5.74) is 1.72. The Kier molecular flexibility index (Phi) is 6.07. The van der Waals surface area contributed by atoms with Crippen molar-refractivity contribution in [1.29, 1.82) is 0 Å². The predicted octanol–water partition coefficient (Wildman–Crippen LogP) is 2.47. The van der Waals surface area contributed by atoms with Crippen molar-refractivity contribution in [1.82, 2.24) is 15.2 Å². The molecule has 138 valence electrons. The first-order valence-corrected chi connectivity index (χ1v) is 9.66. The van der Waals surface area contributed by atoms with Gasteiger partial charge in [0.25, 0.3) is 0 Å². The van der Waals surface area contributed by atoms with E-state index in [4.69, 9.17) is 4.74 Å². The highest BCUT2D eigenvalue weighted by Gasteiger charge is 2.45. The number of aryl methyl sites for hydroxylation is 1. The Morgan fingerprint density at radius 1 is 1.28 bits per heavy atom. The number of pyridine rings is 1. The highest BCUT2D eigenvalue weighted by atomic mass is 16.5. The number of nitrogens with zero attached hydrogens (tertiary/aromatic N) is 2. The molecule has 1 atom stereocenters. The number of amides is 1. The minimum atomic E-state index is -0.337. The van der Waals surface area contributed by atoms with E-state index in [1.165, 1.54) is 6.42 Å². The van der Waals surface area contributed by atoms with E-state index in [0.29, 0.717) is 0 Å². The fraction of sp³-hybridized carbons (Fsp3) is 0.700. The molecule has 1 aliphatic heterocycles. The molecule has 2 heterocycles. The Morgan fingerprint density at radius 3 is 2.68 bits per heavy atom. The summed E-state index contributed by atoms with van der Waals surface area (Å²) in [7, 11) is 0. The minimum Gasteiger partial charge on any atom is -0.379 e. The first-order valence-electron chi connectivity index (χ1n) is 9.66. The topological polar surface area (TPSA) is 54.5 Å². The molecule has 25 heavy (non-hydrogen) atoms. The van der Waals surface area contributed by atoms with E-state index < -0.39 is 0 Å².